The van der Waals surface area contributed by atoms with Crippen molar-refractivity contribution in [1.29, 1.82) is 0 Å². The van der Waals surface area contributed by atoms with E-state index in [0.717, 1.165) is 54.8 Å². The fraction of sp³-hybridized carbons (Fsp3) is 0.511. The summed E-state index contributed by atoms with van der Waals surface area (Å²) in [6.45, 7) is 4.50. The molecule has 2 bridgehead atoms. The maximum Gasteiger partial charge on any atom is 0.301 e. The smallest absolute Gasteiger partial charge is 0.301 e. The number of amides is 2. The topological polar surface area (TPSA) is 164 Å². The van der Waals surface area contributed by atoms with Gasteiger partial charge in [0.05, 0.1) is 71.6 Å². The molecule has 5 aliphatic heterocycles. The van der Waals surface area contributed by atoms with Crippen molar-refractivity contribution in [1.82, 2.24) is 34.5 Å². The van der Waals surface area contributed by atoms with Gasteiger partial charge in [0.25, 0.3) is 5.56 Å². The molecule has 11 rings (SSSR count). The van der Waals surface area contributed by atoms with Gasteiger partial charge in [-0.25, -0.2) is 13.8 Å². The molecule has 0 spiro atoms. The normalized spacial score (nSPS) is 25.1. The highest BCUT2D eigenvalue weighted by Crippen LogP contribution is 2.46. The van der Waals surface area contributed by atoms with Crippen LogP contribution in [0.4, 0.5) is 37.6 Å². The molecule has 4 saturated heterocycles. The van der Waals surface area contributed by atoms with E-state index in [1.54, 1.807) is 31.4 Å². The van der Waals surface area contributed by atoms with Crippen LogP contribution in [-0.2, 0) is 28.4 Å². The van der Waals surface area contributed by atoms with Gasteiger partial charge < -0.3 is 34.5 Å². The molecule has 3 aromatic heterocycles. The molecule has 2 amide bonds. The van der Waals surface area contributed by atoms with E-state index in [9.17, 15) is 14.4 Å². The Bertz CT molecular complexity index is 2740. The standard InChI is InChI=1S/C45H50ClF2N11O5/c1-55-33-10-8-26(16-31(33)37-39(43(55)62)64-23-45(47,48)40(52-37)25-6-7-25)50-41-32(46)17-49-44(53-41)58-19-27-21-63-22-28(20-58)59(27)18-24-12-14-57(15-13-24)34-5-3-4-29-36(54-56(2)38(29)34)30-9-11-35(60)51-42(30)61/h3-5,8,10,16-17,24-25,27-28,30,40,52H,6-7,9,11-15,18-23H2,1-2H3,(H,49,50,53)(H,51,60,61). The summed E-state index contributed by atoms with van der Waals surface area (Å²) < 4.78 is 45.4. The second-order valence-electron chi connectivity index (χ2n) is 18.4. The predicted molar refractivity (Wildman–Crippen MR) is 238 cm³/mol. The minimum atomic E-state index is -3.14. The number of halogens is 3. The number of pyridine rings is 1. The van der Waals surface area contributed by atoms with Gasteiger partial charge in [0, 0.05) is 69.7 Å². The van der Waals surface area contributed by atoms with Gasteiger partial charge in [-0.05, 0) is 68.2 Å². The molecule has 3 N–H and O–H groups in total. The van der Waals surface area contributed by atoms with Crippen molar-refractivity contribution >= 4 is 74.0 Å². The number of aryl methyl sites for hydroxylation is 2. The van der Waals surface area contributed by atoms with E-state index in [2.05, 4.69) is 41.7 Å². The van der Waals surface area contributed by atoms with Gasteiger partial charge in [0.15, 0.2) is 12.4 Å². The summed E-state index contributed by atoms with van der Waals surface area (Å²) >= 11 is 6.71. The molecule has 19 heteroatoms. The quantitative estimate of drug-likeness (QED) is 0.175. The van der Waals surface area contributed by atoms with Gasteiger partial charge >= 0.3 is 5.92 Å². The number of anilines is 5. The van der Waals surface area contributed by atoms with E-state index in [1.165, 1.54) is 4.57 Å². The van der Waals surface area contributed by atoms with Crippen LogP contribution in [0.25, 0.3) is 21.8 Å². The summed E-state index contributed by atoms with van der Waals surface area (Å²) in [5, 5.41) is 15.5. The Labute approximate surface area is 372 Å². The summed E-state index contributed by atoms with van der Waals surface area (Å²) in [5.74, 6) is -2.95. The van der Waals surface area contributed by atoms with Gasteiger partial charge in [-0.3, -0.25) is 29.3 Å². The Kier molecular flexibility index (Phi) is 10.2. The monoisotopic (exact) mass is 897 g/mol. The van der Waals surface area contributed by atoms with Crippen LogP contribution < -0.4 is 36.0 Å². The number of alkyl halides is 2. The van der Waals surface area contributed by atoms with Gasteiger partial charge in [-0.1, -0.05) is 23.7 Å². The molecule has 8 heterocycles. The van der Waals surface area contributed by atoms with E-state index in [0.29, 0.717) is 91.3 Å². The van der Waals surface area contributed by atoms with Crippen LogP contribution in [0.1, 0.15) is 50.1 Å². The maximum absolute atomic E-state index is 15.2. The van der Waals surface area contributed by atoms with Crippen molar-refractivity contribution in [3.8, 4) is 5.75 Å². The lowest BCUT2D eigenvalue weighted by atomic mass is 9.91. The number of imide groups is 1. The third kappa shape index (κ3) is 7.26. The molecule has 0 radical (unpaired) electrons. The molecular weight excluding hydrogens is 848 g/mol. The van der Waals surface area contributed by atoms with Crippen LogP contribution >= 0.6 is 11.6 Å². The average molecular weight is 898 g/mol. The second kappa shape index (κ2) is 15.8. The first kappa shape index (κ1) is 41.1. The maximum atomic E-state index is 15.2. The molecule has 5 aromatic rings. The number of benzene rings is 2. The van der Waals surface area contributed by atoms with Crippen LogP contribution in [0, 0.1) is 11.8 Å². The number of aromatic nitrogens is 5. The summed E-state index contributed by atoms with van der Waals surface area (Å²) in [6, 6.07) is 10.8. The second-order valence-corrected chi connectivity index (χ2v) is 18.8. The molecule has 1 aliphatic carbocycles. The van der Waals surface area contributed by atoms with Crippen molar-refractivity contribution < 1.29 is 27.8 Å². The van der Waals surface area contributed by atoms with Crippen LogP contribution in [-0.4, -0.2) is 118 Å². The fourth-order valence-corrected chi connectivity index (χ4v) is 10.8. The first-order valence-electron chi connectivity index (χ1n) is 22.3. The average Bonchev–Trinajstić information content (AvgIpc) is 4.08. The Hall–Kier alpha value is -5.59. The number of ether oxygens (including phenoxy) is 2. The van der Waals surface area contributed by atoms with Crippen molar-refractivity contribution in [3.63, 3.8) is 0 Å². The first-order chi connectivity index (χ1) is 30.9. The van der Waals surface area contributed by atoms with E-state index in [1.807, 2.05) is 23.9 Å². The summed E-state index contributed by atoms with van der Waals surface area (Å²) in [5.41, 5.74) is 3.82. The molecule has 4 atom stereocenters. The van der Waals surface area contributed by atoms with Crippen LogP contribution in [0.15, 0.2) is 47.4 Å². The van der Waals surface area contributed by atoms with Gasteiger partial charge in [-0.15, -0.1) is 0 Å². The molecular formula is C45H50ClF2N11O5. The highest BCUT2D eigenvalue weighted by atomic mass is 35.5. The molecule has 16 nitrogen and oxygen atoms in total. The van der Waals surface area contributed by atoms with E-state index in [-0.39, 0.29) is 41.3 Å². The molecule has 2 aromatic carbocycles. The number of nitrogens with one attached hydrogen (secondary N) is 3. The number of piperazine rings is 1. The Balaban J connectivity index is 0.770. The number of nitrogens with zero attached hydrogens (tertiary/aromatic N) is 8. The zero-order chi connectivity index (χ0) is 44.0. The first-order valence-corrected chi connectivity index (χ1v) is 22.6. The third-order valence-electron chi connectivity index (χ3n) is 14.2. The molecule has 1 saturated carbocycles. The number of fused-ring (bicyclic) bond motifs is 6. The lowest BCUT2D eigenvalue weighted by Gasteiger charge is -2.51. The van der Waals surface area contributed by atoms with E-state index >= 15 is 8.78 Å². The highest BCUT2D eigenvalue weighted by Gasteiger charge is 2.51. The largest absolute Gasteiger partial charge is 0.480 e. The predicted octanol–water partition coefficient (Wildman–Crippen LogP) is 5.16. The van der Waals surface area contributed by atoms with Crippen LogP contribution in [0.5, 0.6) is 5.75 Å². The fourth-order valence-electron chi connectivity index (χ4n) is 10.7. The number of carbonyl (C=O) groups excluding carboxylic acids is 2. The number of hydrogen-bond acceptors (Lipinski definition) is 13. The van der Waals surface area contributed by atoms with Crippen molar-refractivity contribution in [2.75, 3.05) is 73.0 Å². The van der Waals surface area contributed by atoms with E-state index in [4.69, 9.17) is 31.2 Å². The summed E-state index contributed by atoms with van der Waals surface area (Å²) in [7, 11) is 3.53. The number of morpholine rings is 1. The third-order valence-corrected chi connectivity index (χ3v) is 14.5. The zero-order valence-corrected chi connectivity index (χ0v) is 36.4. The number of piperidine rings is 2. The molecule has 336 valence electrons. The number of carbonyl (C=O) groups is 2. The van der Waals surface area contributed by atoms with Gasteiger partial charge in [0.1, 0.15) is 5.02 Å². The highest BCUT2D eigenvalue weighted by molar-refractivity contribution is 6.33. The van der Waals surface area contributed by atoms with Crippen LogP contribution in [0.3, 0.4) is 0 Å². The Morgan fingerprint density at radius 3 is 2.50 bits per heavy atom. The lowest BCUT2D eigenvalue weighted by molar-refractivity contribution is -0.134. The zero-order valence-electron chi connectivity index (χ0n) is 35.7. The van der Waals surface area contributed by atoms with Crippen molar-refractivity contribution in [3.05, 3.63) is 63.7 Å². The Morgan fingerprint density at radius 2 is 1.75 bits per heavy atom. The van der Waals surface area contributed by atoms with E-state index < -0.39 is 30.0 Å². The van der Waals surface area contributed by atoms with Crippen LogP contribution in [0.2, 0.25) is 5.02 Å². The number of hydrogen-bond donors (Lipinski definition) is 3. The molecule has 6 aliphatic rings. The number of para-hydroxylation sites is 1. The van der Waals surface area contributed by atoms with Crippen molar-refractivity contribution in [2.45, 2.75) is 68.5 Å². The van der Waals surface area contributed by atoms with Gasteiger partial charge in [-0.2, -0.15) is 10.1 Å². The summed E-state index contributed by atoms with van der Waals surface area (Å²) in [6.07, 6.45) is 5.83. The minimum Gasteiger partial charge on any atom is -0.480 e. The lowest BCUT2D eigenvalue weighted by Crippen LogP contribution is -2.65. The summed E-state index contributed by atoms with van der Waals surface area (Å²) in [4.78, 5) is 54.7. The minimum absolute atomic E-state index is 0.112. The molecule has 64 heavy (non-hydrogen) atoms. The molecule has 5 fully saturated rings. The van der Waals surface area contributed by atoms with Crippen molar-refractivity contribution in [2.24, 2.45) is 25.9 Å². The Morgan fingerprint density at radius 1 is 0.969 bits per heavy atom. The molecule has 4 unspecified atom stereocenters. The SMILES string of the molecule is Cn1nc(C2CCC(=O)NC2=O)c2cccc(N3CCC(CN4C5COCC4CN(c4ncc(Cl)c(Nc6ccc7c(c6)c6c(c(=O)n7C)OCC(F)(F)C(C7CC7)N6)n4)C5)CC3)c21. The van der Waals surface area contributed by atoms with Gasteiger partial charge in [0.2, 0.25) is 23.5 Å². The number of rotatable bonds is 8.